The van der Waals surface area contributed by atoms with Crippen LogP contribution in [0.1, 0.15) is 28.7 Å². The first-order valence-corrected chi connectivity index (χ1v) is 10.3. The van der Waals surface area contributed by atoms with E-state index in [1.165, 1.54) is 7.11 Å². The van der Waals surface area contributed by atoms with Gasteiger partial charge < -0.3 is 18.9 Å². The molecule has 0 aromatic heterocycles. The summed E-state index contributed by atoms with van der Waals surface area (Å²) in [5.74, 6) is 1.46. The van der Waals surface area contributed by atoms with Gasteiger partial charge in [-0.15, -0.1) is 0 Å². The fourth-order valence-corrected chi connectivity index (χ4v) is 3.75. The molecule has 0 aliphatic carbocycles. The maximum atomic E-state index is 11.4. The lowest BCUT2D eigenvalue weighted by molar-refractivity contribution is -0.140. The predicted octanol–water partition coefficient (Wildman–Crippen LogP) is 5.08. The molecule has 1 aliphatic rings. The van der Waals surface area contributed by atoms with Gasteiger partial charge in [0.05, 0.1) is 13.7 Å². The maximum Gasteiger partial charge on any atom is 0.305 e. The summed E-state index contributed by atoms with van der Waals surface area (Å²) >= 11 is 0. The molecule has 0 N–H and O–H groups in total. The summed E-state index contributed by atoms with van der Waals surface area (Å²) in [6, 6.07) is 20.4. The van der Waals surface area contributed by atoms with Gasteiger partial charge in [-0.1, -0.05) is 42.5 Å². The SMILES string of the molecule is COCc1cccc(COc2ccc3c(c2)COc2cc(CCC(=O)OC)ccc2-3)c1. The van der Waals surface area contributed by atoms with Crippen LogP contribution in [0.15, 0.2) is 60.7 Å². The molecule has 0 unspecified atom stereocenters. The molecule has 1 aliphatic heterocycles. The van der Waals surface area contributed by atoms with E-state index in [1.807, 2.05) is 36.4 Å². The largest absolute Gasteiger partial charge is 0.489 e. The van der Waals surface area contributed by atoms with Crippen molar-refractivity contribution in [2.24, 2.45) is 0 Å². The number of benzene rings is 3. The van der Waals surface area contributed by atoms with Gasteiger partial charge >= 0.3 is 5.97 Å². The van der Waals surface area contributed by atoms with Gasteiger partial charge in [-0.25, -0.2) is 0 Å². The van der Waals surface area contributed by atoms with Crippen molar-refractivity contribution in [1.82, 2.24) is 0 Å². The summed E-state index contributed by atoms with van der Waals surface area (Å²) in [7, 11) is 3.10. The lowest BCUT2D eigenvalue weighted by Crippen LogP contribution is -2.07. The number of carbonyl (C=O) groups is 1. The summed E-state index contributed by atoms with van der Waals surface area (Å²) < 4.78 is 21.9. The first-order chi connectivity index (χ1) is 15.2. The second-order valence-corrected chi connectivity index (χ2v) is 7.56. The third kappa shape index (κ3) is 5.06. The number of methoxy groups -OCH3 is 2. The highest BCUT2D eigenvalue weighted by Gasteiger charge is 2.18. The number of carbonyl (C=O) groups excluding carboxylic acids is 1. The fourth-order valence-electron chi connectivity index (χ4n) is 3.75. The lowest BCUT2D eigenvalue weighted by Gasteiger charge is -2.22. The predicted molar refractivity (Wildman–Crippen MR) is 118 cm³/mol. The Morgan fingerprint density at radius 1 is 0.903 bits per heavy atom. The highest BCUT2D eigenvalue weighted by atomic mass is 16.5. The number of hydrogen-bond donors (Lipinski definition) is 0. The fraction of sp³-hybridized carbons (Fsp3) is 0.269. The topological polar surface area (TPSA) is 54.0 Å². The summed E-state index contributed by atoms with van der Waals surface area (Å²) in [6.45, 7) is 1.58. The van der Waals surface area contributed by atoms with Gasteiger partial charge in [0.25, 0.3) is 0 Å². The third-order valence-corrected chi connectivity index (χ3v) is 5.35. The minimum Gasteiger partial charge on any atom is -0.489 e. The van der Waals surface area contributed by atoms with Crippen LogP contribution in [0.5, 0.6) is 11.5 Å². The Bertz CT molecular complexity index is 1070. The normalized spacial score (nSPS) is 11.8. The molecule has 0 saturated heterocycles. The van der Waals surface area contributed by atoms with Crippen LogP contribution in [0.4, 0.5) is 0 Å². The first kappa shape index (κ1) is 20.9. The molecule has 0 amide bonds. The van der Waals surface area contributed by atoms with Crippen LogP contribution < -0.4 is 9.47 Å². The molecular weight excluding hydrogens is 392 g/mol. The lowest BCUT2D eigenvalue weighted by atomic mass is 9.95. The number of aryl methyl sites for hydroxylation is 1. The van der Waals surface area contributed by atoms with Crippen molar-refractivity contribution >= 4 is 5.97 Å². The first-order valence-electron chi connectivity index (χ1n) is 10.3. The number of fused-ring (bicyclic) bond motifs is 3. The molecule has 0 atom stereocenters. The number of hydrogen-bond acceptors (Lipinski definition) is 5. The van der Waals surface area contributed by atoms with Gasteiger partial charge in [0.1, 0.15) is 24.7 Å². The van der Waals surface area contributed by atoms with E-state index in [1.54, 1.807) is 7.11 Å². The average molecular weight is 418 g/mol. The van der Waals surface area contributed by atoms with Gasteiger partial charge in [0.15, 0.2) is 0 Å². The molecule has 0 bridgehead atoms. The Morgan fingerprint density at radius 2 is 1.71 bits per heavy atom. The second-order valence-electron chi connectivity index (χ2n) is 7.56. The Morgan fingerprint density at radius 3 is 2.52 bits per heavy atom. The molecule has 5 nitrogen and oxygen atoms in total. The molecule has 4 rings (SSSR count). The van der Waals surface area contributed by atoms with Gasteiger partial charge in [0, 0.05) is 24.7 Å². The van der Waals surface area contributed by atoms with Crippen LogP contribution in [-0.2, 0) is 40.5 Å². The molecule has 0 radical (unpaired) electrons. The van der Waals surface area contributed by atoms with Gasteiger partial charge in [0.2, 0.25) is 0 Å². The average Bonchev–Trinajstić information content (AvgIpc) is 2.81. The van der Waals surface area contributed by atoms with Crippen molar-refractivity contribution in [2.45, 2.75) is 32.7 Å². The number of esters is 1. The van der Waals surface area contributed by atoms with Gasteiger partial charge in [-0.3, -0.25) is 4.79 Å². The van der Waals surface area contributed by atoms with Crippen molar-refractivity contribution in [2.75, 3.05) is 14.2 Å². The molecular formula is C26H26O5. The van der Waals surface area contributed by atoms with E-state index in [9.17, 15) is 4.79 Å². The van der Waals surface area contributed by atoms with E-state index in [0.717, 1.165) is 44.9 Å². The maximum absolute atomic E-state index is 11.4. The van der Waals surface area contributed by atoms with E-state index in [-0.39, 0.29) is 5.97 Å². The summed E-state index contributed by atoms with van der Waals surface area (Å²) in [6.07, 6.45) is 0.996. The van der Waals surface area contributed by atoms with Crippen LogP contribution >= 0.6 is 0 Å². The zero-order valence-electron chi connectivity index (χ0n) is 17.9. The number of rotatable bonds is 8. The summed E-state index contributed by atoms with van der Waals surface area (Å²) in [5.41, 5.74) is 6.60. The minimum absolute atomic E-state index is 0.207. The minimum atomic E-state index is -0.207. The second kappa shape index (κ2) is 9.67. The standard InChI is InChI=1S/C26H26O5/c1-28-15-19-4-3-5-20(12-19)16-30-22-8-10-23-21(14-22)17-31-25-13-18(6-9-24(23)25)7-11-26(27)29-2/h3-6,8-10,12-14H,7,11,15-17H2,1-2H3. The Kier molecular flexibility index (Phi) is 6.53. The van der Waals surface area contributed by atoms with Crippen molar-refractivity contribution in [3.63, 3.8) is 0 Å². The molecule has 1 heterocycles. The summed E-state index contributed by atoms with van der Waals surface area (Å²) in [4.78, 5) is 11.4. The molecule has 0 spiro atoms. The highest BCUT2D eigenvalue weighted by Crippen LogP contribution is 2.39. The zero-order chi connectivity index (χ0) is 21.6. The quantitative estimate of drug-likeness (QED) is 0.478. The third-order valence-electron chi connectivity index (χ3n) is 5.35. The highest BCUT2D eigenvalue weighted by molar-refractivity contribution is 5.76. The monoisotopic (exact) mass is 418 g/mol. The summed E-state index contributed by atoms with van der Waals surface area (Å²) in [5, 5.41) is 0. The van der Waals surface area contributed by atoms with E-state index in [0.29, 0.717) is 32.7 Å². The van der Waals surface area contributed by atoms with Crippen molar-refractivity contribution < 1.29 is 23.7 Å². The van der Waals surface area contributed by atoms with E-state index in [4.69, 9.17) is 18.9 Å². The molecule has 31 heavy (non-hydrogen) atoms. The zero-order valence-corrected chi connectivity index (χ0v) is 17.9. The number of ether oxygens (including phenoxy) is 4. The molecule has 160 valence electrons. The van der Waals surface area contributed by atoms with E-state index >= 15 is 0 Å². The van der Waals surface area contributed by atoms with E-state index < -0.39 is 0 Å². The van der Waals surface area contributed by atoms with Crippen LogP contribution in [0, 0.1) is 0 Å². The molecule has 3 aromatic carbocycles. The van der Waals surface area contributed by atoms with Gasteiger partial charge in [-0.2, -0.15) is 0 Å². The molecule has 0 fully saturated rings. The van der Waals surface area contributed by atoms with Crippen molar-refractivity contribution in [1.29, 1.82) is 0 Å². The smallest absolute Gasteiger partial charge is 0.305 e. The van der Waals surface area contributed by atoms with Crippen molar-refractivity contribution in [3.8, 4) is 22.6 Å². The molecule has 3 aromatic rings. The van der Waals surface area contributed by atoms with Crippen LogP contribution in [0.3, 0.4) is 0 Å². The molecule has 5 heteroatoms. The Labute approximate surface area is 182 Å². The molecule has 0 saturated carbocycles. The van der Waals surface area contributed by atoms with Gasteiger partial charge in [-0.05, 0) is 46.9 Å². The van der Waals surface area contributed by atoms with Crippen LogP contribution in [-0.4, -0.2) is 20.2 Å². The van der Waals surface area contributed by atoms with E-state index in [2.05, 4.69) is 24.3 Å². The Hall–Kier alpha value is -3.31. The van der Waals surface area contributed by atoms with Crippen LogP contribution in [0.2, 0.25) is 0 Å². The Balaban J connectivity index is 1.45. The van der Waals surface area contributed by atoms with Crippen molar-refractivity contribution in [3.05, 3.63) is 82.9 Å². The van der Waals surface area contributed by atoms with Crippen LogP contribution in [0.25, 0.3) is 11.1 Å².